The van der Waals surface area contributed by atoms with Crippen molar-refractivity contribution >= 4 is 33.2 Å². The van der Waals surface area contributed by atoms with Crippen LogP contribution in [-0.4, -0.2) is 37.3 Å². The van der Waals surface area contributed by atoms with Crippen LogP contribution in [0.4, 0.5) is 5.69 Å². The molecule has 1 aliphatic heterocycles. The molecule has 3 amide bonds. The molecule has 1 N–H and O–H groups in total. The topological polar surface area (TPSA) is 101 Å². The van der Waals surface area contributed by atoms with E-state index in [9.17, 15) is 22.8 Å². The third kappa shape index (κ3) is 4.40. The van der Waals surface area contributed by atoms with Crippen molar-refractivity contribution in [3.8, 4) is 0 Å². The summed E-state index contributed by atoms with van der Waals surface area (Å²) in [5.74, 6) is -0.788. The van der Waals surface area contributed by atoms with E-state index in [1.807, 2.05) is 0 Å². The van der Waals surface area contributed by atoms with Crippen LogP contribution in [0.3, 0.4) is 0 Å². The van der Waals surface area contributed by atoms with Gasteiger partial charge in [-0.2, -0.15) is 0 Å². The summed E-state index contributed by atoms with van der Waals surface area (Å²) in [4.78, 5) is 37.0. The molecule has 8 heteroatoms. The summed E-state index contributed by atoms with van der Waals surface area (Å²) in [6, 6.07) is 12.6. The number of hydrogen-bond acceptors (Lipinski definition) is 5. The van der Waals surface area contributed by atoms with Crippen LogP contribution >= 0.6 is 0 Å². The second-order valence-electron chi connectivity index (χ2n) is 6.32. The van der Waals surface area contributed by atoms with Crippen molar-refractivity contribution in [3.05, 3.63) is 59.7 Å². The maximum Gasteiger partial charge on any atom is 0.255 e. The molecule has 27 heavy (non-hydrogen) atoms. The third-order valence-corrected chi connectivity index (χ3v) is 5.34. The van der Waals surface area contributed by atoms with E-state index in [2.05, 4.69) is 5.32 Å². The maximum absolute atomic E-state index is 12.3. The molecule has 0 spiro atoms. The van der Waals surface area contributed by atoms with E-state index < -0.39 is 15.7 Å². The summed E-state index contributed by atoms with van der Waals surface area (Å²) >= 11 is 0. The second-order valence-corrected chi connectivity index (χ2v) is 8.34. The lowest BCUT2D eigenvalue weighted by atomic mass is 10.1. The molecule has 0 bridgehead atoms. The average molecular weight is 386 g/mol. The van der Waals surface area contributed by atoms with Crippen LogP contribution in [0.5, 0.6) is 0 Å². The predicted molar refractivity (Wildman–Crippen MR) is 98.7 cm³/mol. The Morgan fingerprint density at radius 1 is 1.04 bits per heavy atom. The number of likely N-dealkylation sites (tertiary alicyclic amines) is 1. The summed E-state index contributed by atoms with van der Waals surface area (Å²) in [6.45, 7) is 0.211. The molecule has 0 unspecified atom stereocenters. The summed E-state index contributed by atoms with van der Waals surface area (Å²) in [5.41, 5.74) is 1.53. The van der Waals surface area contributed by atoms with Gasteiger partial charge in [-0.05, 0) is 35.9 Å². The van der Waals surface area contributed by atoms with Crippen molar-refractivity contribution in [3.63, 3.8) is 0 Å². The van der Waals surface area contributed by atoms with Gasteiger partial charge in [-0.25, -0.2) is 8.42 Å². The van der Waals surface area contributed by atoms with Gasteiger partial charge in [0.25, 0.3) is 5.91 Å². The second kappa shape index (κ2) is 7.32. The highest BCUT2D eigenvalue weighted by atomic mass is 32.2. The summed E-state index contributed by atoms with van der Waals surface area (Å²) < 4.78 is 23.2. The first-order valence-electron chi connectivity index (χ1n) is 8.27. The van der Waals surface area contributed by atoms with Crippen molar-refractivity contribution in [1.82, 2.24) is 4.90 Å². The van der Waals surface area contributed by atoms with E-state index in [1.165, 1.54) is 29.2 Å². The van der Waals surface area contributed by atoms with Gasteiger partial charge in [-0.15, -0.1) is 0 Å². The van der Waals surface area contributed by atoms with Crippen LogP contribution in [0.2, 0.25) is 0 Å². The molecule has 0 saturated carbocycles. The van der Waals surface area contributed by atoms with Gasteiger partial charge in [-0.1, -0.05) is 18.2 Å². The molecule has 1 heterocycles. The lowest BCUT2D eigenvalue weighted by molar-refractivity contribution is -0.139. The number of nitrogens with one attached hydrogen (secondary N) is 1. The van der Waals surface area contributed by atoms with Crippen LogP contribution in [0, 0.1) is 0 Å². The standard InChI is InChI=1S/C19H18N2O5S/c1-27(25,26)16-4-2-3-14(11-16)19(24)20-15-7-5-13(6-8-15)12-21-17(22)9-10-18(21)23/h2-8,11H,9-10,12H2,1H3,(H,20,24). The number of sulfone groups is 1. The minimum atomic E-state index is -3.40. The van der Waals surface area contributed by atoms with Gasteiger partial charge < -0.3 is 5.32 Å². The molecular formula is C19H18N2O5S. The number of anilines is 1. The third-order valence-electron chi connectivity index (χ3n) is 4.23. The first kappa shape index (κ1) is 18.8. The zero-order valence-electron chi connectivity index (χ0n) is 14.6. The maximum atomic E-state index is 12.3. The number of nitrogens with zero attached hydrogens (tertiary/aromatic N) is 1. The lowest BCUT2D eigenvalue weighted by Crippen LogP contribution is -2.28. The van der Waals surface area contributed by atoms with E-state index in [4.69, 9.17) is 0 Å². The van der Waals surface area contributed by atoms with E-state index in [0.717, 1.165) is 11.8 Å². The number of rotatable bonds is 5. The minimum Gasteiger partial charge on any atom is -0.322 e. The number of amides is 3. The average Bonchev–Trinajstić information content (AvgIpc) is 2.94. The molecular weight excluding hydrogens is 368 g/mol. The molecule has 0 aliphatic carbocycles. The largest absolute Gasteiger partial charge is 0.322 e. The number of benzene rings is 2. The number of hydrogen-bond donors (Lipinski definition) is 1. The predicted octanol–water partition coefficient (Wildman–Crippen LogP) is 1.99. The fraction of sp³-hybridized carbons (Fsp3) is 0.211. The molecule has 0 aromatic heterocycles. The summed E-state index contributed by atoms with van der Waals surface area (Å²) in [5, 5.41) is 2.69. The van der Waals surface area contributed by atoms with Crippen LogP contribution in [0.1, 0.15) is 28.8 Å². The Balaban J connectivity index is 1.69. The van der Waals surface area contributed by atoms with E-state index >= 15 is 0 Å². The molecule has 7 nitrogen and oxygen atoms in total. The Morgan fingerprint density at radius 3 is 2.26 bits per heavy atom. The molecule has 0 radical (unpaired) electrons. The molecule has 0 atom stereocenters. The van der Waals surface area contributed by atoms with Crippen LogP contribution in [0.25, 0.3) is 0 Å². The molecule has 140 valence electrons. The van der Waals surface area contributed by atoms with Crippen molar-refractivity contribution in [2.24, 2.45) is 0 Å². The summed E-state index contributed by atoms with van der Waals surface area (Å²) in [7, 11) is -3.40. The molecule has 1 saturated heterocycles. The van der Waals surface area contributed by atoms with Gasteiger partial charge in [0.05, 0.1) is 11.4 Å². The first-order chi connectivity index (χ1) is 12.7. The molecule has 1 aliphatic rings. The van der Waals surface area contributed by atoms with E-state index in [-0.39, 0.29) is 41.7 Å². The molecule has 3 rings (SSSR count). The van der Waals surface area contributed by atoms with Crippen LogP contribution in [0.15, 0.2) is 53.4 Å². The van der Waals surface area contributed by atoms with Crippen LogP contribution in [-0.2, 0) is 26.0 Å². The SMILES string of the molecule is CS(=O)(=O)c1cccc(C(=O)Nc2ccc(CN3C(=O)CCC3=O)cc2)c1. The Morgan fingerprint density at radius 2 is 1.67 bits per heavy atom. The highest BCUT2D eigenvalue weighted by Crippen LogP contribution is 2.18. The van der Waals surface area contributed by atoms with Gasteiger partial charge in [0.1, 0.15) is 0 Å². The highest BCUT2D eigenvalue weighted by molar-refractivity contribution is 7.90. The fourth-order valence-electron chi connectivity index (χ4n) is 2.75. The van der Waals surface area contributed by atoms with Crippen molar-refractivity contribution < 1.29 is 22.8 Å². The zero-order valence-corrected chi connectivity index (χ0v) is 15.5. The van der Waals surface area contributed by atoms with Gasteiger partial charge in [0, 0.05) is 30.3 Å². The first-order valence-corrected chi connectivity index (χ1v) is 10.2. The van der Waals surface area contributed by atoms with E-state index in [1.54, 1.807) is 24.3 Å². The van der Waals surface area contributed by atoms with Gasteiger partial charge in [0.15, 0.2) is 9.84 Å². The minimum absolute atomic E-state index is 0.0745. The van der Waals surface area contributed by atoms with Gasteiger partial charge >= 0.3 is 0 Å². The van der Waals surface area contributed by atoms with Gasteiger partial charge in [0.2, 0.25) is 11.8 Å². The Hall–Kier alpha value is -3.00. The number of imide groups is 1. The number of carbonyl (C=O) groups is 3. The quantitative estimate of drug-likeness (QED) is 0.792. The molecule has 2 aromatic rings. The Bertz CT molecular complexity index is 997. The lowest BCUT2D eigenvalue weighted by Gasteiger charge is -2.14. The van der Waals surface area contributed by atoms with Gasteiger partial charge in [-0.3, -0.25) is 19.3 Å². The highest BCUT2D eigenvalue weighted by Gasteiger charge is 2.28. The monoisotopic (exact) mass is 386 g/mol. The molecule has 1 fully saturated rings. The summed E-state index contributed by atoms with van der Waals surface area (Å²) in [6.07, 6.45) is 1.58. The van der Waals surface area contributed by atoms with E-state index in [0.29, 0.717) is 5.69 Å². The van der Waals surface area contributed by atoms with Crippen molar-refractivity contribution in [1.29, 1.82) is 0 Å². The van der Waals surface area contributed by atoms with Crippen molar-refractivity contribution in [2.45, 2.75) is 24.3 Å². The zero-order chi connectivity index (χ0) is 19.6. The fourth-order valence-corrected chi connectivity index (χ4v) is 3.41. The molecule has 2 aromatic carbocycles. The Kier molecular flexibility index (Phi) is 5.09. The normalized spacial score (nSPS) is 14.5. The van der Waals surface area contributed by atoms with Crippen LogP contribution < -0.4 is 5.32 Å². The Labute approximate surface area is 156 Å². The smallest absolute Gasteiger partial charge is 0.255 e. The number of carbonyl (C=O) groups excluding carboxylic acids is 3. The van der Waals surface area contributed by atoms with Crippen molar-refractivity contribution in [2.75, 3.05) is 11.6 Å².